The van der Waals surface area contributed by atoms with Crippen LogP contribution >= 0.6 is 0 Å². The van der Waals surface area contributed by atoms with E-state index in [-0.39, 0.29) is 23.8 Å². The molecule has 0 unspecified atom stereocenters. The second-order valence-corrected chi connectivity index (χ2v) is 7.44. The Morgan fingerprint density at radius 1 is 1.25 bits per heavy atom. The third kappa shape index (κ3) is 3.84. The molecule has 2 aliphatic rings. The number of aromatic nitrogens is 4. The minimum atomic E-state index is -0.292. The Kier molecular flexibility index (Phi) is 5.52. The fourth-order valence-corrected chi connectivity index (χ4v) is 4.02. The summed E-state index contributed by atoms with van der Waals surface area (Å²) in [4.78, 5) is 34.7. The molecule has 28 heavy (non-hydrogen) atoms. The first-order chi connectivity index (χ1) is 13.6. The fraction of sp³-hybridized carbons (Fsp3) is 0.632. The number of ether oxygens (including phenoxy) is 1. The lowest BCUT2D eigenvalue weighted by Crippen LogP contribution is -2.40. The van der Waals surface area contributed by atoms with Crippen LogP contribution in [0.3, 0.4) is 0 Å². The minimum Gasteiger partial charge on any atom is -0.368 e. The number of carbonyl (C=O) groups excluding carboxylic acids is 2. The molecular weight excluding hydrogens is 360 g/mol. The maximum atomic E-state index is 12.8. The average Bonchev–Trinajstić information content (AvgIpc) is 3.33. The summed E-state index contributed by atoms with van der Waals surface area (Å²) in [7, 11) is 0. The lowest BCUT2D eigenvalue weighted by molar-refractivity contribution is -0.145. The normalized spacial score (nSPS) is 22.5. The highest BCUT2D eigenvalue weighted by Gasteiger charge is 2.35. The van der Waals surface area contributed by atoms with Crippen LogP contribution in [0.25, 0.3) is 11.2 Å². The molecule has 1 N–H and O–H groups in total. The number of hydrogen-bond donors (Lipinski definition) is 1. The average molecular weight is 386 g/mol. The Morgan fingerprint density at radius 3 is 2.89 bits per heavy atom. The van der Waals surface area contributed by atoms with Crippen molar-refractivity contribution in [3.8, 4) is 0 Å². The number of rotatable bonds is 5. The summed E-state index contributed by atoms with van der Waals surface area (Å²) >= 11 is 0. The number of hydrogen-bond acceptors (Lipinski definition) is 6. The van der Waals surface area contributed by atoms with Gasteiger partial charge in [-0.25, -0.2) is 14.6 Å². The van der Waals surface area contributed by atoms with Crippen LogP contribution in [0.15, 0.2) is 12.4 Å². The zero-order valence-corrected chi connectivity index (χ0v) is 16.1. The highest BCUT2D eigenvalue weighted by Crippen LogP contribution is 2.31. The zero-order valence-electron chi connectivity index (χ0n) is 16.1. The van der Waals surface area contributed by atoms with Crippen LogP contribution in [0.1, 0.15) is 44.2 Å². The molecule has 9 heteroatoms. The molecule has 0 bridgehead atoms. The minimum absolute atomic E-state index is 0.0716. The van der Waals surface area contributed by atoms with Gasteiger partial charge in [0.15, 0.2) is 5.65 Å². The van der Waals surface area contributed by atoms with Gasteiger partial charge in [0.25, 0.3) is 5.91 Å². The Labute approximate surface area is 163 Å². The number of nitrogens with zero attached hydrogens (tertiary/aromatic N) is 5. The van der Waals surface area contributed by atoms with Crippen LogP contribution in [0, 0.1) is 0 Å². The summed E-state index contributed by atoms with van der Waals surface area (Å²) in [6, 6.07) is 0. The quantitative estimate of drug-likeness (QED) is 0.817. The number of carbonyl (C=O) groups is 2. The van der Waals surface area contributed by atoms with Gasteiger partial charge < -0.3 is 15.0 Å². The van der Waals surface area contributed by atoms with Gasteiger partial charge in [0.1, 0.15) is 11.6 Å². The van der Waals surface area contributed by atoms with Crippen LogP contribution in [-0.4, -0.2) is 68.8 Å². The van der Waals surface area contributed by atoms with Crippen LogP contribution in [0.2, 0.25) is 0 Å². The Morgan fingerprint density at radius 2 is 2.11 bits per heavy atom. The first kappa shape index (κ1) is 18.8. The smallest absolute Gasteiger partial charge is 0.251 e. The molecule has 150 valence electrons. The van der Waals surface area contributed by atoms with Gasteiger partial charge in [-0.3, -0.25) is 9.59 Å². The molecule has 9 nitrogen and oxygen atoms in total. The van der Waals surface area contributed by atoms with E-state index in [2.05, 4.69) is 15.3 Å². The van der Waals surface area contributed by atoms with E-state index in [1.165, 1.54) is 6.92 Å². The van der Waals surface area contributed by atoms with Crippen molar-refractivity contribution in [3.63, 3.8) is 0 Å². The Bertz CT molecular complexity index is 860. The SMILES string of the molecule is CC(=O)NCCn1nc([C@@H]2CCN(C(=O)[C@@H]3CCCCO3)C2)c2nccnc21. The third-order valence-electron chi connectivity index (χ3n) is 5.43. The molecule has 2 aromatic rings. The third-order valence-corrected chi connectivity index (χ3v) is 5.43. The summed E-state index contributed by atoms with van der Waals surface area (Å²) < 4.78 is 7.46. The van der Waals surface area contributed by atoms with E-state index in [1.807, 2.05) is 4.90 Å². The van der Waals surface area contributed by atoms with Crippen molar-refractivity contribution in [3.05, 3.63) is 18.1 Å². The predicted molar refractivity (Wildman–Crippen MR) is 102 cm³/mol. The van der Waals surface area contributed by atoms with E-state index in [1.54, 1.807) is 17.1 Å². The molecule has 2 atom stereocenters. The lowest BCUT2D eigenvalue weighted by atomic mass is 10.0. The van der Waals surface area contributed by atoms with E-state index in [0.29, 0.717) is 38.4 Å². The van der Waals surface area contributed by atoms with Crippen molar-refractivity contribution >= 4 is 23.0 Å². The summed E-state index contributed by atoms with van der Waals surface area (Å²) in [5.41, 5.74) is 2.37. The van der Waals surface area contributed by atoms with Gasteiger partial charge in [-0.2, -0.15) is 5.10 Å². The molecule has 2 aliphatic heterocycles. The largest absolute Gasteiger partial charge is 0.368 e. The molecule has 4 heterocycles. The Balaban J connectivity index is 1.49. The Hall–Kier alpha value is -2.55. The predicted octanol–water partition coefficient (Wildman–Crippen LogP) is 0.847. The summed E-state index contributed by atoms with van der Waals surface area (Å²) in [6.45, 7) is 4.52. The molecule has 2 amide bonds. The second kappa shape index (κ2) is 8.22. The van der Waals surface area contributed by atoms with Gasteiger partial charge in [-0.15, -0.1) is 0 Å². The van der Waals surface area contributed by atoms with Gasteiger partial charge in [-0.1, -0.05) is 0 Å². The van der Waals surface area contributed by atoms with Crippen molar-refractivity contribution < 1.29 is 14.3 Å². The molecule has 0 saturated carbocycles. The fourth-order valence-electron chi connectivity index (χ4n) is 4.02. The van der Waals surface area contributed by atoms with Crippen LogP contribution in [0.5, 0.6) is 0 Å². The molecule has 4 rings (SSSR count). The van der Waals surface area contributed by atoms with E-state index in [9.17, 15) is 9.59 Å². The topological polar surface area (TPSA) is 102 Å². The zero-order chi connectivity index (χ0) is 19.5. The molecule has 2 aromatic heterocycles. The summed E-state index contributed by atoms with van der Waals surface area (Å²) in [5, 5.41) is 7.53. The van der Waals surface area contributed by atoms with Crippen LogP contribution in [-0.2, 0) is 20.9 Å². The molecule has 0 radical (unpaired) electrons. The number of likely N-dealkylation sites (tertiary alicyclic amines) is 1. The van der Waals surface area contributed by atoms with Gasteiger partial charge in [0.2, 0.25) is 5.91 Å². The molecule has 2 fully saturated rings. The summed E-state index contributed by atoms with van der Waals surface area (Å²) in [6.07, 6.45) is 6.77. The maximum absolute atomic E-state index is 12.8. The van der Waals surface area contributed by atoms with Gasteiger partial charge in [0.05, 0.1) is 12.2 Å². The van der Waals surface area contributed by atoms with Crippen LogP contribution < -0.4 is 5.32 Å². The van der Waals surface area contributed by atoms with E-state index in [0.717, 1.165) is 36.9 Å². The molecular formula is C19H26N6O3. The van der Waals surface area contributed by atoms with E-state index < -0.39 is 0 Å². The highest BCUT2D eigenvalue weighted by molar-refractivity contribution is 5.81. The summed E-state index contributed by atoms with van der Waals surface area (Å²) in [5.74, 6) is 0.161. The van der Waals surface area contributed by atoms with Gasteiger partial charge in [-0.05, 0) is 25.7 Å². The van der Waals surface area contributed by atoms with Crippen molar-refractivity contribution in [2.45, 2.75) is 51.2 Å². The van der Waals surface area contributed by atoms with Crippen molar-refractivity contribution in [1.82, 2.24) is 30.0 Å². The van der Waals surface area contributed by atoms with E-state index >= 15 is 0 Å². The number of amides is 2. The first-order valence-electron chi connectivity index (χ1n) is 9.95. The van der Waals surface area contributed by atoms with Gasteiger partial charge >= 0.3 is 0 Å². The van der Waals surface area contributed by atoms with Crippen molar-refractivity contribution in [2.24, 2.45) is 0 Å². The standard InChI is InChI=1S/C19H26N6O3/c1-13(26)20-8-10-25-18-17(21-6-7-22-18)16(23-25)14-5-9-24(12-14)19(27)15-4-2-3-11-28-15/h6-7,14-15H,2-5,8-12H2,1H3,(H,20,26)/t14-,15+/m1/s1. The molecule has 0 aromatic carbocycles. The molecule has 0 spiro atoms. The maximum Gasteiger partial charge on any atom is 0.251 e. The van der Waals surface area contributed by atoms with E-state index in [4.69, 9.17) is 9.84 Å². The highest BCUT2D eigenvalue weighted by atomic mass is 16.5. The number of nitrogens with one attached hydrogen (secondary N) is 1. The number of fused-ring (bicyclic) bond motifs is 1. The monoisotopic (exact) mass is 386 g/mol. The van der Waals surface area contributed by atoms with Crippen molar-refractivity contribution in [1.29, 1.82) is 0 Å². The molecule has 2 saturated heterocycles. The van der Waals surface area contributed by atoms with Crippen molar-refractivity contribution in [2.75, 3.05) is 26.2 Å². The van der Waals surface area contributed by atoms with Gasteiger partial charge in [0, 0.05) is 51.5 Å². The molecule has 0 aliphatic carbocycles. The first-order valence-corrected chi connectivity index (χ1v) is 9.95. The lowest BCUT2D eigenvalue weighted by Gasteiger charge is -2.26. The second-order valence-electron chi connectivity index (χ2n) is 7.44. The van der Waals surface area contributed by atoms with Crippen LogP contribution in [0.4, 0.5) is 0 Å².